The molecule has 0 atom stereocenters. The molecule has 0 spiro atoms. The fourth-order valence-electron chi connectivity index (χ4n) is 2.39. The van der Waals surface area contributed by atoms with Crippen LogP contribution in [0.2, 0.25) is 10.0 Å². The monoisotopic (exact) mass is 460 g/mol. The van der Waals surface area contributed by atoms with Crippen LogP contribution in [0.25, 0.3) is 11.3 Å². The fourth-order valence-corrected chi connectivity index (χ4v) is 3.67. The lowest BCUT2D eigenvalue weighted by Crippen LogP contribution is -2.42. The molecule has 0 unspecified atom stereocenters. The number of hydrazine groups is 1. The topological polar surface area (TPSA) is 93.1 Å². The normalized spacial score (nSPS) is 11.5. The number of nitrogens with one attached hydrogen (secondary N) is 2. The molecule has 3 aromatic rings. The SMILES string of the molecule is Cn1cnc(-c2cc(Cl)c(F)c(C(=O)NNS(=O)(=O)c3ccc(Cl)cc3F)c2)c1. The number of sulfonamides is 1. The number of imidazole rings is 1. The quantitative estimate of drug-likeness (QED) is 0.571. The molecule has 7 nitrogen and oxygen atoms in total. The van der Waals surface area contributed by atoms with Crippen molar-refractivity contribution in [1.82, 2.24) is 19.8 Å². The highest BCUT2D eigenvalue weighted by molar-refractivity contribution is 7.89. The van der Waals surface area contributed by atoms with Gasteiger partial charge in [0, 0.05) is 23.8 Å². The van der Waals surface area contributed by atoms with Gasteiger partial charge in [-0.05, 0) is 30.3 Å². The number of hydrogen-bond acceptors (Lipinski definition) is 4. The van der Waals surface area contributed by atoms with Crippen LogP contribution in [0.5, 0.6) is 0 Å². The summed E-state index contributed by atoms with van der Waals surface area (Å²) in [4.78, 5) is 17.4. The molecule has 12 heteroatoms. The van der Waals surface area contributed by atoms with E-state index >= 15 is 0 Å². The number of halogens is 4. The summed E-state index contributed by atoms with van der Waals surface area (Å²) in [5.41, 5.74) is 2.07. The number of amides is 1. The van der Waals surface area contributed by atoms with E-state index in [1.54, 1.807) is 22.6 Å². The molecule has 3 rings (SSSR count). The maximum Gasteiger partial charge on any atom is 0.269 e. The van der Waals surface area contributed by atoms with Gasteiger partial charge in [0.25, 0.3) is 15.9 Å². The van der Waals surface area contributed by atoms with Crippen molar-refractivity contribution in [3.05, 3.63) is 70.1 Å². The molecule has 29 heavy (non-hydrogen) atoms. The Labute approximate surface area is 174 Å². The minimum absolute atomic E-state index is 0.00599. The summed E-state index contributed by atoms with van der Waals surface area (Å²) in [6.45, 7) is 0. The van der Waals surface area contributed by atoms with E-state index < -0.39 is 38.0 Å². The molecular formula is C17H12Cl2F2N4O3S. The zero-order chi connectivity index (χ0) is 21.3. The van der Waals surface area contributed by atoms with Crippen LogP contribution in [0.4, 0.5) is 8.78 Å². The Kier molecular flexibility index (Phi) is 5.90. The average Bonchev–Trinajstić information content (AvgIpc) is 3.08. The van der Waals surface area contributed by atoms with E-state index in [9.17, 15) is 22.0 Å². The summed E-state index contributed by atoms with van der Waals surface area (Å²) in [5, 5.41) is -0.363. The third kappa shape index (κ3) is 4.56. The Morgan fingerprint density at radius 2 is 1.90 bits per heavy atom. The van der Waals surface area contributed by atoms with E-state index in [4.69, 9.17) is 23.2 Å². The van der Waals surface area contributed by atoms with Gasteiger partial charge >= 0.3 is 0 Å². The van der Waals surface area contributed by atoms with Gasteiger partial charge in [0.2, 0.25) is 0 Å². The third-order valence-electron chi connectivity index (χ3n) is 3.76. The number of aryl methyl sites for hydroxylation is 1. The van der Waals surface area contributed by atoms with Crippen molar-refractivity contribution in [3.8, 4) is 11.3 Å². The van der Waals surface area contributed by atoms with E-state index in [2.05, 4.69) is 4.98 Å². The Balaban J connectivity index is 1.86. The van der Waals surface area contributed by atoms with Crippen molar-refractivity contribution < 1.29 is 22.0 Å². The molecule has 0 saturated heterocycles. The number of carbonyl (C=O) groups is 1. The van der Waals surface area contributed by atoms with Gasteiger partial charge < -0.3 is 4.57 Å². The highest BCUT2D eigenvalue weighted by Gasteiger charge is 2.23. The first-order valence-electron chi connectivity index (χ1n) is 7.83. The minimum atomic E-state index is -4.48. The molecule has 0 aliphatic carbocycles. The van der Waals surface area contributed by atoms with Crippen LogP contribution in [0.15, 0.2) is 47.8 Å². The van der Waals surface area contributed by atoms with E-state index in [-0.39, 0.29) is 10.0 Å². The zero-order valence-electron chi connectivity index (χ0n) is 14.6. The Morgan fingerprint density at radius 3 is 2.52 bits per heavy atom. The Bertz CT molecular complexity index is 1220. The fraction of sp³-hybridized carbons (Fsp3) is 0.0588. The number of carbonyl (C=O) groups excluding carboxylic acids is 1. The van der Waals surface area contributed by atoms with Gasteiger partial charge in [0.05, 0.1) is 22.6 Å². The summed E-state index contributed by atoms with van der Waals surface area (Å²) in [6, 6.07) is 5.33. The number of rotatable bonds is 5. The van der Waals surface area contributed by atoms with Gasteiger partial charge in [0.1, 0.15) is 10.7 Å². The summed E-state index contributed by atoms with van der Waals surface area (Å²) >= 11 is 11.4. The van der Waals surface area contributed by atoms with E-state index in [1.807, 2.05) is 5.43 Å². The van der Waals surface area contributed by atoms with Crippen molar-refractivity contribution in [2.75, 3.05) is 0 Å². The van der Waals surface area contributed by atoms with Gasteiger partial charge in [-0.1, -0.05) is 23.2 Å². The van der Waals surface area contributed by atoms with Gasteiger partial charge in [-0.3, -0.25) is 10.2 Å². The number of nitrogens with zero attached hydrogens (tertiary/aromatic N) is 2. The lowest BCUT2D eigenvalue weighted by atomic mass is 10.1. The van der Waals surface area contributed by atoms with Gasteiger partial charge in [-0.2, -0.15) is 0 Å². The van der Waals surface area contributed by atoms with Crippen LogP contribution in [-0.4, -0.2) is 23.9 Å². The minimum Gasteiger partial charge on any atom is -0.340 e. The number of aromatic nitrogens is 2. The van der Waals surface area contributed by atoms with Crippen LogP contribution in [0.1, 0.15) is 10.4 Å². The van der Waals surface area contributed by atoms with Crippen molar-refractivity contribution in [1.29, 1.82) is 0 Å². The van der Waals surface area contributed by atoms with Crippen LogP contribution >= 0.6 is 23.2 Å². The molecule has 0 aliphatic heterocycles. The first-order valence-corrected chi connectivity index (χ1v) is 10.1. The molecule has 0 fully saturated rings. The molecule has 1 aromatic heterocycles. The largest absolute Gasteiger partial charge is 0.340 e. The standard InChI is InChI=1S/C17H12Cl2F2N4O3S/c1-25-7-14(22-8-25)9-4-11(16(21)12(19)5-9)17(26)23-24-29(27,28)15-3-2-10(18)6-13(15)20/h2-8,24H,1H3,(H,23,26). The molecule has 1 amide bonds. The third-order valence-corrected chi connectivity index (χ3v) is 5.55. The molecule has 0 saturated carbocycles. The molecular weight excluding hydrogens is 449 g/mol. The summed E-state index contributed by atoms with van der Waals surface area (Å²) in [5.74, 6) is -3.31. The molecule has 1 heterocycles. The van der Waals surface area contributed by atoms with Crippen molar-refractivity contribution in [3.63, 3.8) is 0 Å². The second-order valence-corrected chi connectivity index (χ2v) is 8.37. The van der Waals surface area contributed by atoms with E-state index in [0.29, 0.717) is 11.3 Å². The molecule has 0 bridgehead atoms. The van der Waals surface area contributed by atoms with E-state index in [0.717, 1.165) is 24.3 Å². The van der Waals surface area contributed by atoms with E-state index in [1.165, 1.54) is 12.4 Å². The highest BCUT2D eigenvalue weighted by Crippen LogP contribution is 2.27. The van der Waals surface area contributed by atoms with Crippen LogP contribution in [-0.2, 0) is 17.1 Å². The Hall–Kier alpha value is -2.53. The smallest absolute Gasteiger partial charge is 0.269 e. The maximum atomic E-state index is 14.3. The van der Waals surface area contributed by atoms with Crippen molar-refractivity contribution >= 4 is 39.1 Å². The first-order chi connectivity index (χ1) is 13.6. The van der Waals surface area contributed by atoms with Crippen LogP contribution in [0.3, 0.4) is 0 Å². The van der Waals surface area contributed by atoms with Crippen molar-refractivity contribution in [2.45, 2.75) is 4.90 Å². The lowest BCUT2D eigenvalue weighted by Gasteiger charge is -2.11. The van der Waals surface area contributed by atoms with Gasteiger partial charge in [-0.25, -0.2) is 22.2 Å². The summed E-state index contributed by atoms with van der Waals surface area (Å²) < 4.78 is 54.2. The highest BCUT2D eigenvalue weighted by atomic mass is 35.5. The van der Waals surface area contributed by atoms with Gasteiger partial charge in [0.15, 0.2) is 5.82 Å². The molecule has 0 aliphatic rings. The lowest BCUT2D eigenvalue weighted by molar-refractivity contribution is 0.0941. The van der Waals surface area contributed by atoms with Crippen LogP contribution in [0, 0.1) is 11.6 Å². The second-order valence-electron chi connectivity index (χ2n) is 5.88. The van der Waals surface area contributed by atoms with Gasteiger partial charge in [-0.15, -0.1) is 4.83 Å². The number of hydrogen-bond donors (Lipinski definition) is 2. The second kappa shape index (κ2) is 8.07. The Morgan fingerprint density at radius 1 is 1.17 bits per heavy atom. The molecule has 152 valence electrons. The van der Waals surface area contributed by atoms with Crippen LogP contribution < -0.4 is 10.3 Å². The maximum absolute atomic E-state index is 14.3. The zero-order valence-corrected chi connectivity index (χ0v) is 16.9. The molecule has 2 N–H and O–H groups in total. The predicted molar refractivity (Wildman–Crippen MR) is 103 cm³/mol. The first kappa shape index (κ1) is 21.2. The molecule has 0 radical (unpaired) electrons. The predicted octanol–water partition coefficient (Wildman–Crippen LogP) is 3.30. The number of benzene rings is 2. The molecule has 2 aromatic carbocycles. The summed E-state index contributed by atoms with van der Waals surface area (Å²) in [7, 11) is -2.76. The summed E-state index contributed by atoms with van der Waals surface area (Å²) in [6.07, 6.45) is 3.12. The average molecular weight is 461 g/mol. The van der Waals surface area contributed by atoms with Crippen molar-refractivity contribution in [2.24, 2.45) is 7.05 Å².